The molecule has 1 aliphatic heterocycles. The number of hydrogen-bond acceptors (Lipinski definition) is 4. The number of hydrogen-bond donors (Lipinski definition) is 1. The summed E-state index contributed by atoms with van der Waals surface area (Å²) in [5.41, 5.74) is 0. The molecule has 1 aliphatic carbocycles. The number of likely N-dealkylation sites (tertiary alicyclic amines) is 1. The maximum Gasteiger partial charge on any atom is 0.223 e. The van der Waals surface area contributed by atoms with Gasteiger partial charge in [0, 0.05) is 50.9 Å². The average Bonchev–Trinajstić information content (AvgIpc) is 2.98. The molecule has 8 heteroatoms. The highest BCUT2D eigenvalue weighted by Gasteiger charge is 2.28. The predicted molar refractivity (Wildman–Crippen MR) is 95.6 cm³/mol. The minimum atomic E-state index is -3.25. The molecule has 2 aliphatic rings. The maximum absolute atomic E-state index is 12.4. The second-order valence-corrected chi connectivity index (χ2v) is 9.16. The molecule has 1 N–H and O–H groups in total. The Hall–Kier alpha value is -1.41. The van der Waals surface area contributed by atoms with E-state index < -0.39 is 10.0 Å². The van der Waals surface area contributed by atoms with Crippen LogP contribution >= 0.6 is 0 Å². The maximum atomic E-state index is 12.4. The summed E-state index contributed by atoms with van der Waals surface area (Å²) in [6.45, 7) is 2.63. The fourth-order valence-corrected chi connectivity index (χ4v) is 4.18. The van der Waals surface area contributed by atoms with Gasteiger partial charge in [-0.25, -0.2) is 18.1 Å². The summed E-state index contributed by atoms with van der Waals surface area (Å²) in [5.74, 6) is 2.16. The van der Waals surface area contributed by atoms with Crippen LogP contribution in [-0.4, -0.2) is 54.7 Å². The third-order valence-corrected chi connectivity index (χ3v) is 6.00. The number of nitrogens with one attached hydrogen (secondary N) is 1. The summed E-state index contributed by atoms with van der Waals surface area (Å²) in [7, 11) is -3.25. The average molecular weight is 369 g/mol. The van der Waals surface area contributed by atoms with E-state index in [1.54, 1.807) is 0 Å². The number of carbonyl (C=O) groups is 1. The second kappa shape index (κ2) is 7.86. The zero-order valence-corrected chi connectivity index (χ0v) is 15.7. The normalized spacial score (nSPS) is 22.0. The Morgan fingerprint density at radius 3 is 2.80 bits per heavy atom. The number of piperidine rings is 1. The van der Waals surface area contributed by atoms with Gasteiger partial charge in [0.15, 0.2) is 0 Å². The molecular weight excluding hydrogens is 340 g/mol. The molecule has 1 saturated heterocycles. The first kappa shape index (κ1) is 18.4. The molecule has 0 unspecified atom stereocenters. The first-order chi connectivity index (χ1) is 11.9. The quantitative estimate of drug-likeness (QED) is 0.787. The van der Waals surface area contributed by atoms with Crippen LogP contribution in [0.1, 0.15) is 50.3 Å². The topological polar surface area (TPSA) is 84.3 Å². The lowest BCUT2D eigenvalue weighted by molar-refractivity contribution is -0.132. The summed E-state index contributed by atoms with van der Waals surface area (Å²) in [6.07, 6.45) is 11.2. The van der Waals surface area contributed by atoms with Crippen LogP contribution in [0.5, 0.6) is 0 Å². The van der Waals surface area contributed by atoms with Gasteiger partial charge in [-0.3, -0.25) is 4.79 Å². The van der Waals surface area contributed by atoms with Crippen LogP contribution in [0, 0.1) is 5.92 Å². The molecule has 2 fully saturated rings. The summed E-state index contributed by atoms with van der Waals surface area (Å²) in [4.78, 5) is 18.8. The standard InChI is InChI=1S/C17H28N4O3S/c1-25(23,24)19-8-7-16(22)20-10-3-6-15(13-20)17-18-9-11-21(17)12-14-4-2-5-14/h9,11,14-15,19H,2-8,10,12-13H2,1H3/t15-/m1/s1. The van der Waals surface area contributed by atoms with E-state index in [9.17, 15) is 13.2 Å². The molecule has 0 aromatic carbocycles. The van der Waals surface area contributed by atoms with Gasteiger partial charge >= 0.3 is 0 Å². The van der Waals surface area contributed by atoms with E-state index in [1.807, 2.05) is 11.1 Å². The number of sulfonamides is 1. The Balaban J connectivity index is 1.56. The van der Waals surface area contributed by atoms with Crippen LogP contribution in [0.3, 0.4) is 0 Å². The zero-order valence-electron chi connectivity index (χ0n) is 14.9. The lowest BCUT2D eigenvalue weighted by atomic mass is 9.85. The first-order valence-corrected chi connectivity index (χ1v) is 11.0. The summed E-state index contributed by atoms with van der Waals surface area (Å²) < 4.78 is 26.9. The summed E-state index contributed by atoms with van der Waals surface area (Å²) >= 11 is 0. The van der Waals surface area contributed by atoms with Gasteiger partial charge in [-0.1, -0.05) is 6.42 Å². The summed E-state index contributed by atoms with van der Waals surface area (Å²) in [6, 6.07) is 0. The van der Waals surface area contributed by atoms with Crippen molar-refractivity contribution in [2.24, 2.45) is 5.92 Å². The van der Waals surface area contributed by atoms with Crippen molar-refractivity contribution in [2.45, 2.75) is 51.0 Å². The second-order valence-electron chi connectivity index (χ2n) is 7.33. The Kier molecular flexibility index (Phi) is 5.78. The molecule has 140 valence electrons. The highest BCUT2D eigenvalue weighted by Crippen LogP contribution is 2.31. The number of nitrogens with zero attached hydrogens (tertiary/aromatic N) is 3. The van der Waals surface area contributed by atoms with Gasteiger partial charge in [-0.05, 0) is 31.6 Å². The minimum Gasteiger partial charge on any atom is -0.342 e. The molecule has 1 amide bonds. The van der Waals surface area contributed by atoms with Crippen molar-refractivity contribution in [3.05, 3.63) is 18.2 Å². The fourth-order valence-electron chi connectivity index (χ4n) is 3.70. The van der Waals surface area contributed by atoms with Crippen molar-refractivity contribution >= 4 is 15.9 Å². The molecule has 25 heavy (non-hydrogen) atoms. The van der Waals surface area contributed by atoms with E-state index >= 15 is 0 Å². The lowest BCUT2D eigenvalue weighted by Crippen LogP contribution is -2.41. The molecule has 1 aromatic heterocycles. The molecule has 2 heterocycles. The van der Waals surface area contributed by atoms with Crippen molar-refractivity contribution in [2.75, 3.05) is 25.9 Å². The van der Waals surface area contributed by atoms with Gasteiger partial charge in [-0.2, -0.15) is 0 Å². The van der Waals surface area contributed by atoms with E-state index in [0.717, 1.165) is 43.9 Å². The fraction of sp³-hybridized carbons (Fsp3) is 0.765. The number of imidazole rings is 1. The monoisotopic (exact) mass is 368 g/mol. The van der Waals surface area contributed by atoms with Crippen molar-refractivity contribution in [1.29, 1.82) is 0 Å². The Morgan fingerprint density at radius 1 is 1.32 bits per heavy atom. The smallest absolute Gasteiger partial charge is 0.223 e. The first-order valence-electron chi connectivity index (χ1n) is 9.16. The van der Waals surface area contributed by atoms with Crippen molar-refractivity contribution in [3.8, 4) is 0 Å². The molecular formula is C17H28N4O3S. The van der Waals surface area contributed by atoms with Gasteiger partial charge in [-0.15, -0.1) is 0 Å². The van der Waals surface area contributed by atoms with Gasteiger partial charge in [0.05, 0.1) is 6.26 Å². The number of rotatable bonds is 7. The molecule has 0 bridgehead atoms. The molecule has 1 saturated carbocycles. The van der Waals surface area contributed by atoms with Crippen LogP contribution in [0.25, 0.3) is 0 Å². The predicted octanol–water partition coefficient (Wildman–Crippen LogP) is 1.33. The van der Waals surface area contributed by atoms with Gasteiger partial charge < -0.3 is 9.47 Å². The number of carbonyl (C=O) groups excluding carboxylic acids is 1. The molecule has 7 nitrogen and oxygen atoms in total. The highest BCUT2D eigenvalue weighted by atomic mass is 32.2. The lowest BCUT2D eigenvalue weighted by Gasteiger charge is -2.33. The largest absolute Gasteiger partial charge is 0.342 e. The van der Waals surface area contributed by atoms with Crippen LogP contribution in [0.4, 0.5) is 0 Å². The summed E-state index contributed by atoms with van der Waals surface area (Å²) in [5, 5.41) is 0. The van der Waals surface area contributed by atoms with Crippen molar-refractivity contribution in [3.63, 3.8) is 0 Å². The van der Waals surface area contributed by atoms with E-state index in [0.29, 0.717) is 6.54 Å². The minimum absolute atomic E-state index is 0.0120. The van der Waals surface area contributed by atoms with E-state index in [1.165, 1.54) is 19.3 Å². The molecule has 0 radical (unpaired) electrons. The van der Waals surface area contributed by atoms with E-state index in [-0.39, 0.29) is 24.8 Å². The molecule has 3 rings (SSSR count). The van der Waals surface area contributed by atoms with Crippen LogP contribution in [-0.2, 0) is 21.4 Å². The molecule has 1 aromatic rings. The molecule has 1 atom stereocenters. The zero-order chi connectivity index (χ0) is 17.9. The third-order valence-electron chi connectivity index (χ3n) is 5.27. The number of amides is 1. The van der Waals surface area contributed by atoms with Crippen LogP contribution in [0.2, 0.25) is 0 Å². The van der Waals surface area contributed by atoms with Gasteiger partial charge in [0.25, 0.3) is 0 Å². The SMILES string of the molecule is CS(=O)(=O)NCCC(=O)N1CCC[C@@H](c2nccn2CC2CCC2)C1. The van der Waals surface area contributed by atoms with Crippen molar-refractivity contribution < 1.29 is 13.2 Å². The highest BCUT2D eigenvalue weighted by molar-refractivity contribution is 7.88. The number of aromatic nitrogens is 2. The van der Waals surface area contributed by atoms with Crippen LogP contribution in [0.15, 0.2) is 12.4 Å². The van der Waals surface area contributed by atoms with Gasteiger partial charge in [0.2, 0.25) is 15.9 Å². The van der Waals surface area contributed by atoms with Gasteiger partial charge in [0.1, 0.15) is 5.82 Å². The van der Waals surface area contributed by atoms with E-state index in [4.69, 9.17) is 0 Å². The third kappa shape index (κ3) is 5.04. The Morgan fingerprint density at radius 2 is 2.12 bits per heavy atom. The van der Waals surface area contributed by atoms with Crippen LogP contribution < -0.4 is 4.72 Å². The Labute approximate surface area is 149 Å². The molecule has 0 spiro atoms. The van der Waals surface area contributed by atoms with Crippen molar-refractivity contribution in [1.82, 2.24) is 19.2 Å². The Bertz CT molecular complexity index is 697. The van der Waals surface area contributed by atoms with E-state index in [2.05, 4.69) is 20.5 Å².